The molecule has 0 bridgehead atoms. The summed E-state index contributed by atoms with van der Waals surface area (Å²) < 4.78 is 72.2. The molecule has 10 unspecified atom stereocenters. The lowest BCUT2D eigenvalue weighted by Crippen LogP contribution is -2.45. The zero-order valence-corrected chi connectivity index (χ0v) is 93.3. The van der Waals surface area contributed by atoms with Gasteiger partial charge >= 0.3 is 0 Å². The third kappa shape index (κ3) is 68.8. The van der Waals surface area contributed by atoms with Gasteiger partial charge in [0.05, 0.1) is 88.5 Å². The lowest BCUT2D eigenvalue weighted by atomic mass is 9.63. The van der Waals surface area contributed by atoms with E-state index in [1.807, 2.05) is 102 Å². The molecule has 1 aromatic carbocycles. The van der Waals surface area contributed by atoms with Crippen molar-refractivity contribution in [1.29, 1.82) is 0 Å². The van der Waals surface area contributed by atoms with E-state index >= 15 is 0 Å². The molecule has 4 saturated carbocycles. The number of likely N-dealkylation sites (tertiary alicyclic amines) is 6. The van der Waals surface area contributed by atoms with Crippen LogP contribution in [-0.4, -0.2) is 467 Å². The van der Waals surface area contributed by atoms with Crippen LogP contribution in [0.15, 0.2) is 24.3 Å². The summed E-state index contributed by atoms with van der Waals surface area (Å²) in [5.74, 6) is 1.67. The molecule has 29 nitrogen and oxygen atoms in total. The van der Waals surface area contributed by atoms with Crippen LogP contribution in [0.4, 0.5) is 5.69 Å². The monoisotopic (exact) mass is 1920 g/mol. The Morgan fingerprint density at radius 2 is 0.888 bits per heavy atom. The lowest BCUT2D eigenvalue weighted by Gasteiger charge is -2.46. The van der Waals surface area contributed by atoms with Crippen LogP contribution in [0, 0.1) is 16.7 Å². The standard InChI is InChI=1S/C12H25NO.C9H19NO.C8H18N2O.C8H17NO.C8H11NO.3C8H17NO.3C7H15NO.C6H13NO.C5H13NO.C4H11NO/c1-11(2)6-10(14-5)7-12(3,8-11)9-13-4;1-10-8-9(11-2)6-4-3-5-7-9;1-9-3-5-10(6-4-9)7-8-11-2;2*1-9-7-3-5-8(10-2)6-4-7;1-9-5-3-4-8(6-9)7-10-2;1-9-6-4-3-5-8(9)7-10-2;1-9-7-5-3-4-6-8(7)10-2;1-8-5-3-7(9-2)4-6-8;1-8-5-3-4-7(8)6-9-2;1-8-5-3-4-7(6-8)9-2;1-7-4-3-6(5-7)8-2;1-5(7-3)4-6-2;1-5-3-4-6-2/h10,13H,6-9H2,1-5H3;10H,3-8H2,1-2H3;3-8H2,1-2H3;7-9H,3-6H2,1-2H3;3-6,9H,1-2H3;2*8H,3-7H2,1-2H3;7-9H,3-6H2,1-2H3;3*7H,3-6H2,1-2H3;6H,3-5H2,1-2H3;5-6H,4H2,1-3H3;5H,3-4H2,1-2H3. The van der Waals surface area contributed by atoms with E-state index in [1.165, 1.54) is 258 Å². The van der Waals surface area contributed by atoms with Crippen molar-refractivity contribution in [3.63, 3.8) is 0 Å². The second-order valence-corrected chi connectivity index (χ2v) is 40.1. The summed E-state index contributed by atoms with van der Waals surface area (Å²) in [6.45, 7) is 35.3. The summed E-state index contributed by atoms with van der Waals surface area (Å²) in [4.78, 5) is 18.9. The molecule has 4 aliphatic carbocycles. The molecule has 0 radical (unpaired) electrons. The van der Waals surface area contributed by atoms with Crippen molar-refractivity contribution in [2.45, 2.75) is 280 Å². The minimum atomic E-state index is 0.160. The first-order chi connectivity index (χ1) is 64.4. The van der Waals surface area contributed by atoms with E-state index in [0.717, 1.165) is 102 Å². The number of methoxy groups -OCH3 is 14. The van der Waals surface area contributed by atoms with Gasteiger partial charge in [0.25, 0.3) is 0 Å². The molecule has 11 fully saturated rings. The first-order valence-electron chi connectivity index (χ1n) is 51.9. The number of nitrogens with one attached hydrogen (secondary N) is 7. The van der Waals surface area contributed by atoms with Crippen LogP contribution in [0.2, 0.25) is 0 Å². The molecule has 134 heavy (non-hydrogen) atoms. The van der Waals surface area contributed by atoms with Gasteiger partial charge in [0, 0.05) is 228 Å². The zero-order chi connectivity index (χ0) is 101. The second kappa shape index (κ2) is 87.3. The highest BCUT2D eigenvalue weighted by atomic mass is 16.5. The van der Waals surface area contributed by atoms with Gasteiger partial charge in [-0.3, -0.25) is 4.90 Å². The maximum atomic E-state index is 5.56. The number of nitrogens with zero attached hydrogens (tertiary/aromatic N) is 8. The molecule has 29 heteroatoms. The van der Waals surface area contributed by atoms with Crippen molar-refractivity contribution >= 4 is 5.69 Å². The van der Waals surface area contributed by atoms with Gasteiger partial charge in [-0.2, -0.15) is 0 Å². The van der Waals surface area contributed by atoms with Gasteiger partial charge in [0.2, 0.25) is 0 Å². The van der Waals surface area contributed by atoms with Crippen molar-refractivity contribution in [2.75, 3.05) is 361 Å². The van der Waals surface area contributed by atoms with Gasteiger partial charge < -0.3 is 138 Å². The van der Waals surface area contributed by atoms with Gasteiger partial charge in [-0.15, -0.1) is 0 Å². The Labute approximate surface area is 826 Å². The number of likely N-dealkylation sites (N-methyl/N-ethyl adjacent to an activating group) is 9. The van der Waals surface area contributed by atoms with Crippen LogP contribution in [0.3, 0.4) is 0 Å². The van der Waals surface area contributed by atoms with E-state index in [2.05, 4.69) is 147 Å². The molecule has 12 rings (SSSR count). The second-order valence-electron chi connectivity index (χ2n) is 40.1. The number of piperazine rings is 1. The number of hydrogen-bond acceptors (Lipinski definition) is 29. The summed E-state index contributed by atoms with van der Waals surface area (Å²) in [7, 11) is 53.8. The number of hydrogen-bond donors (Lipinski definition) is 7. The van der Waals surface area contributed by atoms with Crippen molar-refractivity contribution in [2.24, 2.45) is 16.7 Å². The largest absolute Gasteiger partial charge is 0.497 e. The Morgan fingerprint density at radius 1 is 0.396 bits per heavy atom. The zero-order valence-electron chi connectivity index (χ0n) is 93.3. The van der Waals surface area contributed by atoms with E-state index < -0.39 is 0 Å². The number of anilines is 1. The van der Waals surface area contributed by atoms with Crippen LogP contribution in [0.5, 0.6) is 5.75 Å². The highest BCUT2D eigenvalue weighted by Crippen LogP contribution is 2.46. The summed E-state index contributed by atoms with van der Waals surface area (Å²) in [6, 6.07) is 10.5. The van der Waals surface area contributed by atoms with Crippen molar-refractivity contribution in [3.05, 3.63) is 24.3 Å². The van der Waals surface area contributed by atoms with E-state index in [-0.39, 0.29) is 5.60 Å². The highest BCUT2D eigenvalue weighted by Gasteiger charge is 2.41. The molecule has 7 aliphatic heterocycles. The van der Waals surface area contributed by atoms with Crippen LogP contribution < -0.4 is 42.0 Å². The van der Waals surface area contributed by atoms with E-state index in [4.69, 9.17) is 66.3 Å². The lowest BCUT2D eigenvalue weighted by molar-refractivity contribution is -0.0363. The number of rotatable bonds is 30. The van der Waals surface area contributed by atoms with Crippen LogP contribution in [-0.2, 0) is 61.6 Å². The van der Waals surface area contributed by atoms with Crippen molar-refractivity contribution in [1.82, 2.24) is 71.1 Å². The van der Waals surface area contributed by atoms with Gasteiger partial charge in [-0.25, -0.2) is 0 Å². The predicted octanol–water partition coefficient (Wildman–Crippen LogP) is 12.6. The Kier molecular flexibility index (Phi) is 87.2. The van der Waals surface area contributed by atoms with Gasteiger partial charge in [-0.1, -0.05) is 59.3 Å². The normalized spacial score (nSPS) is 26.4. The fourth-order valence-electron chi connectivity index (χ4n) is 19.4. The fourth-order valence-corrected chi connectivity index (χ4v) is 19.4. The quantitative estimate of drug-likeness (QED) is 0.0354. The Hall–Kier alpha value is -2.26. The third-order valence-electron chi connectivity index (χ3n) is 27.9. The molecule has 11 aliphatic rings. The number of ether oxygens (including phenoxy) is 14. The predicted molar refractivity (Wildman–Crippen MR) is 566 cm³/mol. The minimum Gasteiger partial charge on any atom is -0.497 e. The summed E-state index contributed by atoms with van der Waals surface area (Å²) in [5.41, 5.74) is 2.08. The maximum absolute atomic E-state index is 5.56. The molecule has 0 amide bonds. The molecule has 0 spiro atoms. The van der Waals surface area contributed by atoms with Gasteiger partial charge in [-0.05, 0) is 307 Å². The summed E-state index contributed by atoms with van der Waals surface area (Å²) in [5, 5.41) is 22.0. The average molecular weight is 1920 g/mol. The smallest absolute Gasteiger partial charge is 0.119 e. The summed E-state index contributed by atoms with van der Waals surface area (Å²) in [6.07, 6.45) is 39.1. The van der Waals surface area contributed by atoms with Crippen molar-refractivity contribution in [3.8, 4) is 5.75 Å². The van der Waals surface area contributed by atoms with E-state index in [0.29, 0.717) is 71.7 Å². The van der Waals surface area contributed by atoms with Crippen LogP contribution in [0.25, 0.3) is 0 Å². The first kappa shape index (κ1) is 134. The highest BCUT2D eigenvalue weighted by molar-refractivity contribution is 5.45. The Bertz CT molecular complexity index is 2560. The molecule has 7 saturated heterocycles. The van der Waals surface area contributed by atoms with Gasteiger partial charge in [0.15, 0.2) is 0 Å². The van der Waals surface area contributed by atoms with Crippen LogP contribution >= 0.6 is 0 Å². The minimum absolute atomic E-state index is 0.160. The fraction of sp³-hybridized carbons (Fsp3) is 0.943. The third-order valence-corrected chi connectivity index (χ3v) is 27.9. The molecule has 1 aromatic rings. The summed E-state index contributed by atoms with van der Waals surface area (Å²) >= 11 is 0. The maximum Gasteiger partial charge on any atom is 0.119 e. The average Bonchev–Trinajstić information content (AvgIpc) is 1.10. The SMILES string of the molecule is CNC1CCC(OC)CC1.CNC1CCCCC1OC.CNCC(C)OC.CNCC1(C)CC(OC)CC(C)(C)C1.CNCC1(OC)CCCCC1.CNCCOC.CNc1ccc(OC)cc1.COC1CCCN(C)C1.COC1CCN(C)C1.COC1CCN(C)CC1.COCC1CCCCN1C.COCC1CCCN(C)C1.COCC1CCCN1C.COCCN1CCN(C)CC1. The number of benzene rings is 1. The molecule has 0 aromatic heterocycles. The Balaban J connectivity index is 0. The van der Waals surface area contributed by atoms with E-state index in [1.54, 1.807) is 78.2 Å². The first-order valence-corrected chi connectivity index (χ1v) is 51.9. The van der Waals surface area contributed by atoms with Gasteiger partial charge in [0.1, 0.15) is 5.75 Å². The number of piperidine rings is 4. The molecular formula is C105H223N15O14. The molecule has 7 N–H and O–H groups in total. The molecular weight excluding hydrogens is 1700 g/mol. The van der Waals surface area contributed by atoms with E-state index in [9.17, 15) is 0 Å². The molecule has 7 heterocycles. The Morgan fingerprint density at radius 3 is 1.31 bits per heavy atom. The van der Waals surface area contributed by atoms with Crippen molar-refractivity contribution < 1.29 is 66.3 Å². The topological polar surface area (TPSA) is 239 Å². The molecule has 10 atom stereocenters. The van der Waals surface area contributed by atoms with Crippen LogP contribution in [0.1, 0.15) is 207 Å². The molecule has 802 valence electrons.